The average Bonchev–Trinajstić information content (AvgIpc) is 3.29. The SMILES string of the molecule is C#C[C@@]1(O)CC[C@H]2[C@@H]3CCC4=C/C(=N/OCC(=O)N[C@H](C(=O)N[C@@H](CC(=O)O)[C@@H]5CCOC(C)(C)C5)C(C)C)CC[C@]4(C)[C@H]3CC[C@@]21C. The third-order valence-corrected chi connectivity index (χ3v) is 13.0. The number of rotatable bonds is 10. The number of ether oxygens (including phenoxy) is 1. The molecule has 0 aromatic carbocycles. The number of carbonyl (C=O) groups excluding carboxylic acids is 2. The first kappa shape index (κ1) is 36.4. The van der Waals surface area contributed by atoms with Crippen LogP contribution in [0.2, 0.25) is 0 Å². The maximum absolute atomic E-state index is 13.4. The van der Waals surface area contributed by atoms with Gasteiger partial charge in [0.1, 0.15) is 11.6 Å². The van der Waals surface area contributed by atoms with Gasteiger partial charge in [-0.3, -0.25) is 14.4 Å². The Labute approximate surface area is 286 Å². The first-order chi connectivity index (χ1) is 22.5. The van der Waals surface area contributed by atoms with Gasteiger partial charge < -0.3 is 30.4 Å². The van der Waals surface area contributed by atoms with Crippen molar-refractivity contribution >= 4 is 23.5 Å². The zero-order valence-corrected chi connectivity index (χ0v) is 29.8. The van der Waals surface area contributed by atoms with E-state index in [4.69, 9.17) is 16.0 Å². The maximum atomic E-state index is 13.4. The second kappa shape index (κ2) is 13.8. The number of amides is 2. The number of carbonyl (C=O) groups is 3. The zero-order chi connectivity index (χ0) is 35.1. The van der Waals surface area contributed by atoms with Gasteiger partial charge in [0.15, 0.2) is 6.61 Å². The number of aliphatic carboxylic acids is 1. The summed E-state index contributed by atoms with van der Waals surface area (Å²) >= 11 is 0. The van der Waals surface area contributed by atoms with Crippen LogP contribution >= 0.6 is 0 Å². The highest BCUT2D eigenvalue weighted by molar-refractivity contribution is 5.96. The number of aliphatic hydroxyl groups is 1. The minimum absolute atomic E-state index is 0.0486. The second-order valence-electron chi connectivity index (χ2n) is 16.7. The second-order valence-corrected chi connectivity index (χ2v) is 16.7. The fourth-order valence-electron chi connectivity index (χ4n) is 10.2. The van der Waals surface area contributed by atoms with Gasteiger partial charge in [0.05, 0.1) is 17.7 Å². The van der Waals surface area contributed by atoms with Gasteiger partial charge in [-0.2, -0.15) is 0 Å². The summed E-state index contributed by atoms with van der Waals surface area (Å²) in [7, 11) is 0. The molecule has 1 heterocycles. The summed E-state index contributed by atoms with van der Waals surface area (Å²) in [5, 5.41) is 30.9. The normalized spacial score (nSPS) is 37.6. The van der Waals surface area contributed by atoms with Gasteiger partial charge in [0, 0.05) is 18.1 Å². The molecule has 0 aromatic rings. The van der Waals surface area contributed by atoms with Crippen molar-refractivity contribution in [3.8, 4) is 12.3 Å². The fraction of sp³-hybridized carbons (Fsp3) is 0.789. The van der Waals surface area contributed by atoms with E-state index in [0.717, 1.165) is 50.7 Å². The molecule has 4 aliphatic carbocycles. The Hall–Kier alpha value is -2.90. The molecule has 2 amide bonds. The summed E-state index contributed by atoms with van der Waals surface area (Å²) in [4.78, 5) is 43.5. The molecule has 10 heteroatoms. The van der Waals surface area contributed by atoms with Gasteiger partial charge in [0.2, 0.25) is 5.91 Å². The van der Waals surface area contributed by atoms with Crippen LogP contribution in [-0.4, -0.2) is 70.2 Å². The number of nitrogens with one attached hydrogen (secondary N) is 2. The Balaban J connectivity index is 1.17. The molecule has 10 nitrogen and oxygen atoms in total. The van der Waals surface area contributed by atoms with Gasteiger partial charge in [-0.15, -0.1) is 6.42 Å². The number of hydrogen-bond donors (Lipinski definition) is 4. The molecule has 0 bridgehead atoms. The number of carboxylic acid groups (broad SMARTS) is 1. The summed E-state index contributed by atoms with van der Waals surface area (Å²) in [5.74, 6) is 2.19. The molecule has 1 saturated heterocycles. The number of hydrogen-bond acceptors (Lipinski definition) is 7. The van der Waals surface area contributed by atoms with Crippen molar-refractivity contribution in [1.82, 2.24) is 10.6 Å². The van der Waals surface area contributed by atoms with E-state index in [9.17, 15) is 24.6 Å². The number of oxime groups is 1. The highest BCUT2D eigenvalue weighted by Gasteiger charge is 2.63. The van der Waals surface area contributed by atoms with Crippen LogP contribution < -0.4 is 10.6 Å². The molecule has 4 N–H and O–H groups in total. The van der Waals surface area contributed by atoms with Crippen molar-refractivity contribution in [2.45, 2.75) is 135 Å². The van der Waals surface area contributed by atoms with Crippen LogP contribution in [0.25, 0.3) is 0 Å². The number of terminal acetylenes is 1. The molecular formula is C38H57N3O7. The van der Waals surface area contributed by atoms with Crippen LogP contribution in [0.1, 0.15) is 112 Å². The molecule has 0 aromatic heterocycles. The molecule has 0 radical (unpaired) electrons. The highest BCUT2D eigenvalue weighted by atomic mass is 16.6. The Morgan fingerprint density at radius 2 is 1.79 bits per heavy atom. The number of carboxylic acids is 1. The Morgan fingerprint density at radius 3 is 2.46 bits per heavy atom. The van der Waals surface area contributed by atoms with E-state index in [1.807, 2.05) is 27.7 Å². The summed E-state index contributed by atoms with van der Waals surface area (Å²) in [6.07, 6.45) is 16.6. The minimum atomic E-state index is -1.00. The summed E-state index contributed by atoms with van der Waals surface area (Å²) in [6, 6.07) is -1.42. The van der Waals surface area contributed by atoms with Gasteiger partial charge in [-0.05, 0) is 119 Å². The summed E-state index contributed by atoms with van der Waals surface area (Å²) < 4.78 is 5.80. The van der Waals surface area contributed by atoms with Crippen molar-refractivity contribution in [1.29, 1.82) is 0 Å². The molecule has 3 saturated carbocycles. The van der Waals surface area contributed by atoms with Crippen LogP contribution in [0.5, 0.6) is 0 Å². The van der Waals surface area contributed by atoms with Gasteiger partial charge in [-0.1, -0.05) is 44.3 Å². The van der Waals surface area contributed by atoms with Gasteiger partial charge >= 0.3 is 5.97 Å². The first-order valence-electron chi connectivity index (χ1n) is 18.1. The van der Waals surface area contributed by atoms with E-state index in [1.165, 1.54) is 5.57 Å². The van der Waals surface area contributed by atoms with Crippen LogP contribution in [-0.2, 0) is 24.0 Å². The number of nitrogens with zero attached hydrogens (tertiary/aromatic N) is 1. The average molecular weight is 668 g/mol. The van der Waals surface area contributed by atoms with Crippen LogP contribution in [0.15, 0.2) is 16.8 Å². The monoisotopic (exact) mass is 667 g/mol. The number of fused-ring (bicyclic) bond motifs is 5. The largest absolute Gasteiger partial charge is 0.481 e. The van der Waals surface area contributed by atoms with Crippen molar-refractivity contribution in [3.63, 3.8) is 0 Å². The summed E-state index contributed by atoms with van der Waals surface area (Å²) in [6.45, 7) is 12.4. The number of allylic oxidation sites excluding steroid dienone is 2. The van der Waals surface area contributed by atoms with E-state index in [1.54, 1.807) is 0 Å². The van der Waals surface area contributed by atoms with E-state index < -0.39 is 41.1 Å². The molecular weight excluding hydrogens is 610 g/mol. The Morgan fingerprint density at radius 1 is 1.06 bits per heavy atom. The molecule has 4 fully saturated rings. The van der Waals surface area contributed by atoms with Crippen molar-refractivity contribution in [2.75, 3.05) is 13.2 Å². The van der Waals surface area contributed by atoms with Crippen LogP contribution in [0, 0.1) is 52.8 Å². The molecule has 0 spiro atoms. The standard InChI is InChI=1S/C38H57N3O7/c1-8-38(46)17-13-29-27-10-9-25-19-26(11-15-36(25,6)28(27)12-16-37(29,38)7)41-48-22-31(42)40-33(23(2)3)34(45)39-30(20-32(43)44)24-14-18-47-35(4,5)21-24/h1,19,23-24,27-30,33,46H,9-18,20-22H2,2-7H3,(H,39,45)(H,40,42)(H,43,44)/b41-26+/t24-,27-,28+,29+,30+,33+,36+,37+,38-/m1/s1. The van der Waals surface area contributed by atoms with Crippen molar-refractivity contribution < 1.29 is 34.2 Å². The maximum Gasteiger partial charge on any atom is 0.305 e. The van der Waals surface area contributed by atoms with E-state index in [2.05, 4.69) is 41.6 Å². The van der Waals surface area contributed by atoms with Gasteiger partial charge in [0.25, 0.3) is 5.91 Å². The van der Waals surface area contributed by atoms with Gasteiger partial charge in [-0.25, -0.2) is 0 Å². The fourth-order valence-corrected chi connectivity index (χ4v) is 10.2. The van der Waals surface area contributed by atoms with E-state index in [-0.39, 0.29) is 35.7 Å². The molecule has 5 rings (SSSR count). The molecule has 266 valence electrons. The third kappa shape index (κ3) is 7.05. The molecule has 1 aliphatic heterocycles. The van der Waals surface area contributed by atoms with Crippen molar-refractivity contribution in [2.24, 2.45) is 45.6 Å². The predicted octanol–water partition coefficient (Wildman–Crippen LogP) is 4.99. The smallest absolute Gasteiger partial charge is 0.305 e. The molecule has 5 aliphatic rings. The minimum Gasteiger partial charge on any atom is -0.481 e. The van der Waals surface area contributed by atoms with E-state index >= 15 is 0 Å². The van der Waals surface area contributed by atoms with E-state index in [0.29, 0.717) is 43.6 Å². The lowest BCUT2D eigenvalue weighted by Gasteiger charge is -2.58. The zero-order valence-electron chi connectivity index (χ0n) is 29.8. The molecule has 48 heavy (non-hydrogen) atoms. The van der Waals surface area contributed by atoms with Crippen LogP contribution in [0.3, 0.4) is 0 Å². The highest BCUT2D eigenvalue weighted by Crippen LogP contribution is 2.67. The lowest BCUT2D eigenvalue weighted by molar-refractivity contribution is -0.140. The third-order valence-electron chi connectivity index (χ3n) is 13.0. The predicted molar refractivity (Wildman–Crippen MR) is 183 cm³/mol. The van der Waals surface area contributed by atoms with Crippen LogP contribution in [0.4, 0.5) is 0 Å². The lowest BCUT2D eigenvalue weighted by Crippen LogP contribution is -2.55. The molecule has 9 atom stereocenters. The van der Waals surface area contributed by atoms with Crippen molar-refractivity contribution in [3.05, 3.63) is 11.6 Å². The topological polar surface area (TPSA) is 147 Å². The lowest BCUT2D eigenvalue weighted by atomic mass is 9.46. The Bertz CT molecular complexity index is 1370. The molecule has 0 unspecified atom stereocenters. The quantitative estimate of drug-likeness (QED) is 0.190. The first-order valence-corrected chi connectivity index (χ1v) is 18.1. The summed E-state index contributed by atoms with van der Waals surface area (Å²) in [5.41, 5.74) is 0.689. The Kier molecular flexibility index (Phi) is 10.4.